The minimum Gasteiger partial charge on any atom is -0.478 e. The van der Waals surface area contributed by atoms with Gasteiger partial charge in [0.05, 0.1) is 0 Å². The fourth-order valence-corrected chi connectivity index (χ4v) is 1.39. The third-order valence-corrected chi connectivity index (χ3v) is 2.48. The molecule has 2 rings (SSSR count). The van der Waals surface area contributed by atoms with E-state index in [4.69, 9.17) is 4.74 Å². The molecule has 100 valence electrons. The number of amides is 1. The van der Waals surface area contributed by atoms with Crippen LogP contribution in [0.3, 0.4) is 0 Å². The number of hydrogen-bond donors (Lipinski definition) is 2. The van der Waals surface area contributed by atoms with Crippen molar-refractivity contribution >= 4 is 11.9 Å². The standard InChI is InChI=1S/C11H13N5O3/c1-7-3-8(17)9(4-16(7)2)19-5-10(18)14-11-12-6-13-15-11/h3-4,6H,5H2,1-2H3,(H2,12,13,14,15,18). The summed E-state index contributed by atoms with van der Waals surface area (Å²) >= 11 is 0. The SMILES string of the molecule is Cc1cc(=O)c(OCC(=O)Nc2ncn[nH]2)cn1C. The van der Waals surface area contributed by atoms with E-state index in [1.54, 1.807) is 17.8 Å². The largest absolute Gasteiger partial charge is 0.478 e. The second-order valence-corrected chi connectivity index (χ2v) is 3.93. The average Bonchev–Trinajstić information content (AvgIpc) is 2.85. The van der Waals surface area contributed by atoms with Gasteiger partial charge in [-0.15, -0.1) is 0 Å². The van der Waals surface area contributed by atoms with Crippen molar-refractivity contribution in [1.29, 1.82) is 0 Å². The summed E-state index contributed by atoms with van der Waals surface area (Å²) < 4.78 is 6.92. The fraction of sp³-hybridized carbons (Fsp3) is 0.273. The van der Waals surface area contributed by atoms with Crippen LogP contribution in [-0.2, 0) is 11.8 Å². The Balaban J connectivity index is 1.97. The van der Waals surface area contributed by atoms with Crippen molar-refractivity contribution in [3.8, 4) is 5.75 Å². The van der Waals surface area contributed by atoms with Crippen LogP contribution in [0.1, 0.15) is 5.69 Å². The van der Waals surface area contributed by atoms with Gasteiger partial charge in [0, 0.05) is 25.0 Å². The van der Waals surface area contributed by atoms with Gasteiger partial charge < -0.3 is 9.30 Å². The lowest BCUT2D eigenvalue weighted by molar-refractivity contribution is -0.118. The molecule has 1 amide bonds. The Morgan fingerprint density at radius 1 is 1.58 bits per heavy atom. The highest BCUT2D eigenvalue weighted by Crippen LogP contribution is 2.04. The maximum Gasteiger partial charge on any atom is 0.264 e. The summed E-state index contributed by atoms with van der Waals surface area (Å²) in [5, 5.41) is 8.50. The van der Waals surface area contributed by atoms with Crippen molar-refractivity contribution < 1.29 is 9.53 Å². The van der Waals surface area contributed by atoms with Gasteiger partial charge >= 0.3 is 0 Å². The van der Waals surface area contributed by atoms with E-state index in [0.29, 0.717) is 0 Å². The van der Waals surface area contributed by atoms with Gasteiger partial charge in [-0.2, -0.15) is 10.1 Å². The molecule has 0 aromatic carbocycles. The van der Waals surface area contributed by atoms with Crippen molar-refractivity contribution in [2.75, 3.05) is 11.9 Å². The van der Waals surface area contributed by atoms with Crippen molar-refractivity contribution in [3.05, 3.63) is 34.5 Å². The smallest absolute Gasteiger partial charge is 0.264 e. The summed E-state index contributed by atoms with van der Waals surface area (Å²) in [6, 6.07) is 1.45. The number of aromatic nitrogens is 4. The lowest BCUT2D eigenvalue weighted by Crippen LogP contribution is -2.23. The van der Waals surface area contributed by atoms with E-state index in [1.807, 2.05) is 6.92 Å². The number of H-pyrrole nitrogens is 1. The Morgan fingerprint density at radius 2 is 2.37 bits per heavy atom. The molecule has 8 nitrogen and oxygen atoms in total. The lowest BCUT2D eigenvalue weighted by Gasteiger charge is -2.08. The summed E-state index contributed by atoms with van der Waals surface area (Å²) in [5.41, 5.74) is 0.548. The van der Waals surface area contributed by atoms with Crippen LogP contribution in [0, 0.1) is 6.92 Å². The first-order chi connectivity index (χ1) is 9.06. The molecule has 0 aliphatic rings. The zero-order valence-corrected chi connectivity index (χ0v) is 10.5. The van der Waals surface area contributed by atoms with Crippen LogP contribution in [0.2, 0.25) is 0 Å². The predicted octanol–water partition coefficient (Wildman–Crippen LogP) is -0.171. The molecule has 0 aliphatic carbocycles. The second kappa shape index (κ2) is 5.34. The van der Waals surface area contributed by atoms with E-state index in [1.165, 1.54) is 12.4 Å². The zero-order valence-electron chi connectivity index (χ0n) is 10.5. The maximum atomic E-state index is 11.6. The monoisotopic (exact) mass is 263 g/mol. The molecule has 2 aromatic rings. The Bertz CT molecular complexity index is 632. The molecule has 0 radical (unpaired) electrons. The summed E-state index contributed by atoms with van der Waals surface area (Å²) in [6.07, 6.45) is 2.81. The molecular weight excluding hydrogens is 250 g/mol. The topological polar surface area (TPSA) is 102 Å². The molecule has 8 heteroatoms. The summed E-state index contributed by atoms with van der Waals surface area (Å²) in [5.74, 6) is -0.0781. The molecule has 0 bridgehead atoms. The number of carbonyl (C=O) groups excluding carboxylic acids is 1. The predicted molar refractivity (Wildman–Crippen MR) is 66.9 cm³/mol. The van der Waals surface area contributed by atoms with Crippen molar-refractivity contribution in [1.82, 2.24) is 19.7 Å². The van der Waals surface area contributed by atoms with Gasteiger partial charge in [0.15, 0.2) is 12.4 Å². The highest BCUT2D eigenvalue weighted by Gasteiger charge is 2.08. The molecule has 0 spiro atoms. The summed E-state index contributed by atoms with van der Waals surface area (Å²) in [6.45, 7) is 1.53. The van der Waals surface area contributed by atoms with Gasteiger partial charge in [0.2, 0.25) is 11.4 Å². The molecule has 0 fully saturated rings. The number of nitrogens with one attached hydrogen (secondary N) is 2. The number of ether oxygens (including phenoxy) is 1. The van der Waals surface area contributed by atoms with Gasteiger partial charge in [-0.05, 0) is 6.92 Å². The van der Waals surface area contributed by atoms with Crippen LogP contribution in [0.4, 0.5) is 5.95 Å². The third kappa shape index (κ3) is 3.18. The number of aryl methyl sites for hydroxylation is 2. The van der Waals surface area contributed by atoms with Crippen LogP contribution < -0.4 is 15.5 Å². The van der Waals surface area contributed by atoms with Crippen molar-refractivity contribution in [2.24, 2.45) is 7.05 Å². The lowest BCUT2D eigenvalue weighted by atomic mass is 10.3. The average molecular weight is 263 g/mol. The van der Waals surface area contributed by atoms with E-state index in [-0.39, 0.29) is 23.7 Å². The molecule has 0 atom stereocenters. The first-order valence-corrected chi connectivity index (χ1v) is 5.51. The molecule has 2 aromatic heterocycles. The summed E-state index contributed by atoms with van der Waals surface area (Å²) in [7, 11) is 1.79. The van der Waals surface area contributed by atoms with Crippen molar-refractivity contribution in [3.63, 3.8) is 0 Å². The molecule has 0 aliphatic heterocycles. The first kappa shape index (κ1) is 12.8. The molecule has 2 heterocycles. The Labute approximate surface area is 108 Å². The van der Waals surface area contributed by atoms with E-state index in [2.05, 4.69) is 20.5 Å². The Hall–Kier alpha value is -2.64. The minimum absolute atomic E-state index is 0.126. The highest BCUT2D eigenvalue weighted by atomic mass is 16.5. The van der Waals surface area contributed by atoms with Gasteiger partial charge in [-0.1, -0.05) is 0 Å². The fourth-order valence-electron chi connectivity index (χ4n) is 1.39. The summed E-state index contributed by atoms with van der Waals surface area (Å²) in [4.78, 5) is 26.9. The third-order valence-electron chi connectivity index (χ3n) is 2.48. The second-order valence-electron chi connectivity index (χ2n) is 3.93. The van der Waals surface area contributed by atoms with E-state index in [9.17, 15) is 9.59 Å². The normalized spacial score (nSPS) is 10.2. The molecular formula is C11H13N5O3. The number of anilines is 1. The first-order valence-electron chi connectivity index (χ1n) is 5.51. The van der Waals surface area contributed by atoms with Crippen LogP contribution in [0.15, 0.2) is 23.4 Å². The number of hydrogen-bond acceptors (Lipinski definition) is 5. The number of carbonyl (C=O) groups is 1. The zero-order chi connectivity index (χ0) is 13.8. The number of nitrogens with zero attached hydrogens (tertiary/aromatic N) is 3. The molecule has 0 saturated heterocycles. The van der Waals surface area contributed by atoms with Gasteiger partial charge in [-0.3, -0.25) is 14.9 Å². The van der Waals surface area contributed by atoms with E-state index in [0.717, 1.165) is 5.69 Å². The molecule has 2 N–H and O–H groups in total. The minimum atomic E-state index is -0.431. The van der Waals surface area contributed by atoms with Gasteiger partial charge in [0.1, 0.15) is 6.33 Å². The maximum absolute atomic E-state index is 11.6. The van der Waals surface area contributed by atoms with Crippen LogP contribution >= 0.6 is 0 Å². The van der Waals surface area contributed by atoms with E-state index < -0.39 is 5.91 Å². The van der Waals surface area contributed by atoms with Crippen LogP contribution in [0.25, 0.3) is 0 Å². The number of rotatable bonds is 4. The molecule has 0 saturated carbocycles. The quantitative estimate of drug-likeness (QED) is 0.797. The van der Waals surface area contributed by atoms with Gasteiger partial charge in [0.25, 0.3) is 5.91 Å². The van der Waals surface area contributed by atoms with E-state index >= 15 is 0 Å². The van der Waals surface area contributed by atoms with Gasteiger partial charge in [-0.25, -0.2) is 5.10 Å². The Kier molecular flexibility index (Phi) is 3.60. The molecule has 0 unspecified atom stereocenters. The highest BCUT2D eigenvalue weighted by molar-refractivity contribution is 5.90. The number of aromatic amines is 1. The van der Waals surface area contributed by atoms with Crippen molar-refractivity contribution in [2.45, 2.75) is 6.92 Å². The Morgan fingerprint density at radius 3 is 3.05 bits per heavy atom. The van der Waals surface area contributed by atoms with Crippen LogP contribution in [-0.4, -0.2) is 32.3 Å². The van der Waals surface area contributed by atoms with Crippen LogP contribution in [0.5, 0.6) is 5.75 Å². The number of pyridine rings is 1. The molecule has 19 heavy (non-hydrogen) atoms.